The fourth-order valence-electron chi connectivity index (χ4n) is 4.49. The summed E-state index contributed by atoms with van der Waals surface area (Å²) < 4.78 is 16.4. The highest BCUT2D eigenvalue weighted by atomic mass is 32.1. The third-order valence-corrected chi connectivity index (χ3v) is 7.26. The summed E-state index contributed by atoms with van der Waals surface area (Å²) in [5.41, 5.74) is 7.79. The molecule has 0 saturated carbocycles. The summed E-state index contributed by atoms with van der Waals surface area (Å²) >= 11 is 12.4. The molecule has 0 aliphatic carbocycles. The smallest absolute Gasteiger partial charge is 0.141 e. The van der Waals surface area contributed by atoms with E-state index in [0.29, 0.717) is 30.1 Å². The summed E-state index contributed by atoms with van der Waals surface area (Å²) in [7, 11) is 0. The second-order valence-corrected chi connectivity index (χ2v) is 9.99. The molecule has 0 aliphatic rings. The van der Waals surface area contributed by atoms with E-state index in [1.54, 1.807) is 6.08 Å². The summed E-state index contributed by atoms with van der Waals surface area (Å²) in [6.45, 7) is 35.2. The van der Waals surface area contributed by atoms with Crippen LogP contribution in [0, 0.1) is 0 Å². The molecule has 280 valence electrons. The second-order valence-electron chi connectivity index (χ2n) is 9.44. The lowest BCUT2D eigenvalue weighted by Crippen LogP contribution is -2.02. The molecule has 3 nitrogen and oxygen atoms in total. The van der Waals surface area contributed by atoms with Crippen molar-refractivity contribution >= 4 is 63.0 Å². The maximum Gasteiger partial charge on any atom is 0.141 e. The van der Waals surface area contributed by atoms with E-state index in [4.69, 9.17) is 12.5 Å². The fourth-order valence-corrected chi connectivity index (χ4v) is 5.04. The number of hydrogen-bond donors (Lipinski definition) is 3. The predicted molar refractivity (Wildman–Crippen MR) is 243 cm³/mol. The molecule has 0 fully saturated rings. The normalized spacial score (nSPS) is 11.1. The summed E-state index contributed by atoms with van der Waals surface area (Å²) in [5.74, 6) is 1.94. The lowest BCUT2D eigenvalue weighted by Gasteiger charge is -2.17. The zero-order chi connectivity index (χ0) is 39.6. The highest BCUT2D eigenvalue weighted by Crippen LogP contribution is 2.34. The quantitative estimate of drug-likeness (QED) is 0.0525. The van der Waals surface area contributed by atoms with Crippen molar-refractivity contribution in [2.24, 2.45) is 0 Å². The van der Waals surface area contributed by atoms with Gasteiger partial charge in [-0.15, -0.1) is 6.58 Å². The SMILES string of the molecule is C=CCC.C=C\C=C/C(=C(/C=CCc1c(OS)ccc(C=C)c1/C=C\C)Cc1c(OS)ccc(C=C)c1/C=C\C)C(=C\C)/OS.CC.CC.CC. The molecular weight excluding hydrogens is 685 g/mol. The van der Waals surface area contributed by atoms with Gasteiger partial charge in [0.2, 0.25) is 0 Å². The Balaban J connectivity index is -0.00000208. The molecule has 51 heavy (non-hydrogen) atoms. The number of hydrogen-bond acceptors (Lipinski definition) is 6. The number of allylic oxidation sites excluding steroid dienone is 10. The van der Waals surface area contributed by atoms with Crippen LogP contribution >= 0.6 is 38.7 Å². The molecule has 0 bridgehead atoms. The van der Waals surface area contributed by atoms with Crippen LogP contribution in [0.3, 0.4) is 0 Å². The Morgan fingerprint density at radius 3 is 1.55 bits per heavy atom. The highest BCUT2D eigenvalue weighted by Gasteiger charge is 2.17. The Morgan fingerprint density at radius 1 is 0.706 bits per heavy atom. The lowest BCUT2D eigenvalue weighted by molar-refractivity contribution is 0.522. The van der Waals surface area contributed by atoms with E-state index >= 15 is 0 Å². The first-order valence-electron chi connectivity index (χ1n) is 17.6. The van der Waals surface area contributed by atoms with E-state index in [1.165, 1.54) is 0 Å². The van der Waals surface area contributed by atoms with Gasteiger partial charge in [0.25, 0.3) is 0 Å². The Labute approximate surface area is 329 Å². The van der Waals surface area contributed by atoms with Crippen molar-refractivity contribution in [2.45, 2.75) is 88.5 Å². The van der Waals surface area contributed by atoms with Crippen molar-refractivity contribution in [3.8, 4) is 11.5 Å². The van der Waals surface area contributed by atoms with Gasteiger partial charge in [-0.25, -0.2) is 0 Å². The van der Waals surface area contributed by atoms with E-state index in [1.807, 2.05) is 135 Å². The van der Waals surface area contributed by atoms with Gasteiger partial charge < -0.3 is 12.5 Å². The molecule has 2 aromatic carbocycles. The van der Waals surface area contributed by atoms with Crippen molar-refractivity contribution in [3.63, 3.8) is 0 Å². The van der Waals surface area contributed by atoms with Crippen molar-refractivity contribution in [2.75, 3.05) is 0 Å². The summed E-state index contributed by atoms with van der Waals surface area (Å²) in [6, 6.07) is 7.75. The van der Waals surface area contributed by atoms with Crippen LogP contribution in [0.1, 0.15) is 109 Å². The van der Waals surface area contributed by atoms with Crippen molar-refractivity contribution in [3.05, 3.63) is 156 Å². The van der Waals surface area contributed by atoms with Crippen molar-refractivity contribution in [1.82, 2.24) is 0 Å². The van der Waals surface area contributed by atoms with Crippen LogP contribution in [0.15, 0.2) is 122 Å². The van der Waals surface area contributed by atoms with E-state index in [9.17, 15) is 0 Å². The van der Waals surface area contributed by atoms with E-state index in [0.717, 1.165) is 50.9 Å². The molecule has 2 rings (SSSR count). The van der Waals surface area contributed by atoms with Crippen LogP contribution < -0.4 is 8.37 Å². The minimum atomic E-state index is 0.503. The average Bonchev–Trinajstić information content (AvgIpc) is 3.19. The van der Waals surface area contributed by atoms with Crippen molar-refractivity contribution in [1.29, 1.82) is 0 Å². The summed E-state index contributed by atoms with van der Waals surface area (Å²) in [5, 5.41) is 0. The van der Waals surface area contributed by atoms with Crippen LogP contribution in [-0.4, -0.2) is 0 Å². The van der Waals surface area contributed by atoms with Crippen LogP contribution in [0.5, 0.6) is 11.5 Å². The topological polar surface area (TPSA) is 27.7 Å². The lowest BCUT2D eigenvalue weighted by atomic mass is 9.90. The molecule has 2 aromatic rings. The van der Waals surface area contributed by atoms with Gasteiger partial charge in [0.1, 0.15) is 17.3 Å². The molecule has 0 spiro atoms. The van der Waals surface area contributed by atoms with Crippen LogP contribution in [0.25, 0.3) is 24.3 Å². The number of thiol groups is 3. The molecule has 0 amide bonds. The molecule has 0 N–H and O–H groups in total. The summed E-state index contributed by atoms with van der Waals surface area (Å²) in [4.78, 5) is 0. The van der Waals surface area contributed by atoms with E-state index < -0.39 is 0 Å². The molecule has 0 aliphatic heterocycles. The highest BCUT2D eigenvalue weighted by molar-refractivity contribution is 7.75. The molecule has 0 heterocycles. The first-order valence-corrected chi connectivity index (χ1v) is 18.7. The Kier molecular flexibility index (Phi) is 35.2. The van der Waals surface area contributed by atoms with Crippen LogP contribution in [0.2, 0.25) is 0 Å². The van der Waals surface area contributed by atoms with Crippen LogP contribution in [0.4, 0.5) is 0 Å². The first kappa shape index (κ1) is 51.7. The zero-order valence-corrected chi connectivity index (χ0v) is 35.5. The Hall–Kier alpha value is -3.71. The third-order valence-electron chi connectivity index (χ3n) is 6.67. The Morgan fingerprint density at radius 2 is 1.18 bits per heavy atom. The van der Waals surface area contributed by atoms with Gasteiger partial charge in [0, 0.05) is 61.8 Å². The van der Waals surface area contributed by atoms with Gasteiger partial charge in [-0.2, -0.15) is 0 Å². The monoisotopic (exact) mass is 748 g/mol. The van der Waals surface area contributed by atoms with E-state index in [-0.39, 0.29) is 0 Å². The fraction of sp³-hybridized carbons (Fsp3) is 0.289. The van der Waals surface area contributed by atoms with Crippen molar-refractivity contribution < 1.29 is 12.5 Å². The maximum absolute atomic E-state index is 5.52. The molecule has 0 aromatic heterocycles. The standard InChI is InChI=1S/C35H38O3S3.C4H8.3C2H6/c1-7-13-18-30(33(12-6)36-39)27(24-32-29(16-9-3)26(11-5)21-23-35(32)38-41)17-14-19-31-28(15-8-2)25(10-4)20-22-34(31)37-40;1-3-4-2;3*1-2/h7-18,20-23,39-41H,1,4-5,19,24H2,2-3,6H3;3H,1,4H2,2H3;3*1-2H3/b15-8-,16-9-,17-14?,18-13-,30-27+,33-12+;;;;. The molecule has 0 unspecified atom stereocenters. The molecule has 0 saturated heterocycles. The minimum absolute atomic E-state index is 0.503. The molecule has 0 radical (unpaired) electrons. The maximum atomic E-state index is 5.52. The van der Waals surface area contributed by atoms with Gasteiger partial charge in [-0.1, -0.05) is 153 Å². The van der Waals surface area contributed by atoms with Gasteiger partial charge in [-0.05, 0) is 79.6 Å². The summed E-state index contributed by atoms with van der Waals surface area (Å²) in [6.07, 6.45) is 27.4. The van der Waals surface area contributed by atoms with Gasteiger partial charge >= 0.3 is 0 Å². The van der Waals surface area contributed by atoms with Gasteiger partial charge in [0.05, 0.1) is 0 Å². The van der Waals surface area contributed by atoms with Crippen LogP contribution in [-0.2, 0) is 17.0 Å². The first-order chi connectivity index (χ1) is 24.9. The minimum Gasteiger partial charge on any atom is -0.429 e. The number of benzene rings is 2. The third kappa shape index (κ3) is 17.9. The molecular formula is C45H64O3S3. The van der Waals surface area contributed by atoms with Gasteiger partial charge in [0.15, 0.2) is 0 Å². The largest absolute Gasteiger partial charge is 0.429 e. The molecule has 0 atom stereocenters. The zero-order valence-electron chi connectivity index (χ0n) is 32.8. The number of rotatable bonds is 16. The average molecular weight is 749 g/mol. The van der Waals surface area contributed by atoms with E-state index in [2.05, 4.69) is 96.3 Å². The Bertz CT molecular complexity index is 1490. The predicted octanol–water partition coefficient (Wildman–Crippen LogP) is 15.3. The molecule has 6 heteroatoms. The van der Waals surface area contributed by atoms with Gasteiger partial charge in [-0.3, -0.25) is 0 Å². The second kappa shape index (κ2) is 34.7.